The second kappa shape index (κ2) is 6.17. The quantitative estimate of drug-likeness (QED) is 0.730. The predicted octanol–water partition coefficient (Wildman–Crippen LogP) is 1.13. The molecule has 0 unspecified atom stereocenters. The first-order valence-electron chi connectivity index (χ1n) is 8.88. The van der Waals surface area contributed by atoms with E-state index in [-0.39, 0.29) is 15.8 Å². The molecule has 0 aliphatic rings. The van der Waals surface area contributed by atoms with E-state index in [1.54, 1.807) is 5.56 Å². The predicted molar refractivity (Wildman–Crippen MR) is 112 cm³/mol. The molecule has 0 fully saturated rings. The molecule has 0 bridgehead atoms. The zero-order valence-electron chi connectivity index (χ0n) is 16.9. The van der Waals surface area contributed by atoms with Crippen LogP contribution in [0.25, 0.3) is 0 Å². The second-order valence-corrected chi connectivity index (χ2v) is 9.73. The molecule has 0 aromatic heterocycles. The van der Waals surface area contributed by atoms with E-state index in [4.69, 9.17) is 0 Å². The van der Waals surface area contributed by atoms with Gasteiger partial charge in [0.25, 0.3) is 0 Å². The molecule has 0 saturated heterocycles. The number of hydrogen-bond donors (Lipinski definition) is 0. The molecule has 0 amide bonds. The first-order valence-corrected chi connectivity index (χ1v) is 8.88. The lowest BCUT2D eigenvalue weighted by molar-refractivity contribution is 0.508. The third-order valence-corrected chi connectivity index (χ3v) is 6.09. The van der Waals surface area contributed by atoms with Gasteiger partial charge >= 0.3 is 0 Å². The SMILES string of the molecule is BC(B)(c1cccc(C(B)(B)C(C)C)c1C(C)(C)C)C(C)C. The molecule has 118 valence electrons. The Bertz CT molecular complexity index is 484. The molecule has 0 aliphatic carbocycles. The highest BCUT2D eigenvalue weighted by atomic mass is 14.3. The second-order valence-electron chi connectivity index (χ2n) is 9.73. The first kappa shape index (κ1) is 19.5. The van der Waals surface area contributed by atoms with Gasteiger partial charge in [-0.25, -0.2) is 0 Å². The molecule has 0 nitrogen and oxygen atoms in total. The Kier molecular flexibility index (Phi) is 5.48. The van der Waals surface area contributed by atoms with Gasteiger partial charge in [0.05, 0.1) is 0 Å². The summed E-state index contributed by atoms with van der Waals surface area (Å²) in [4.78, 5) is 0. The minimum Gasteiger partial charge on any atom is -0.0633 e. The van der Waals surface area contributed by atoms with Gasteiger partial charge in [-0.2, -0.15) is 0 Å². The Hall–Kier alpha value is -0.520. The minimum absolute atomic E-state index is 0.157. The van der Waals surface area contributed by atoms with E-state index in [9.17, 15) is 0 Å². The van der Waals surface area contributed by atoms with Crippen molar-refractivity contribution >= 4 is 31.4 Å². The summed E-state index contributed by atoms with van der Waals surface area (Å²) in [6.07, 6.45) is 0. The van der Waals surface area contributed by atoms with Crippen molar-refractivity contribution in [2.75, 3.05) is 0 Å². The van der Waals surface area contributed by atoms with Crippen LogP contribution in [-0.2, 0) is 15.8 Å². The van der Waals surface area contributed by atoms with E-state index in [0.29, 0.717) is 11.8 Å². The smallest absolute Gasteiger partial charge is 0.0633 e. The van der Waals surface area contributed by atoms with E-state index in [2.05, 4.69) is 98.1 Å². The Balaban J connectivity index is 3.78. The van der Waals surface area contributed by atoms with Crippen LogP contribution >= 0.6 is 0 Å². The zero-order valence-corrected chi connectivity index (χ0v) is 16.9. The Morgan fingerprint density at radius 3 is 1.27 bits per heavy atom. The molecule has 4 heteroatoms. The summed E-state index contributed by atoms with van der Waals surface area (Å²) in [5, 5.41) is 0.372. The summed E-state index contributed by atoms with van der Waals surface area (Å²) in [7, 11) is 9.59. The largest absolute Gasteiger partial charge is 0.105 e. The molecule has 1 aromatic rings. The van der Waals surface area contributed by atoms with Crippen LogP contribution in [-0.4, -0.2) is 31.4 Å². The molecule has 0 N–H and O–H groups in total. The number of benzene rings is 1. The maximum Gasteiger partial charge on any atom is 0.105 e. The van der Waals surface area contributed by atoms with Gasteiger partial charge in [0.15, 0.2) is 0 Å². The van der Waals surface area contributed by atoms with E-state index < -0.39 is 0 Å². The van der Waals surface area contributed by atoms with Crippen molar-refractivity contribution in [3.8, 4) is 0 Å². The molecule has 0 radical (unpaired) electrons. The lowest BCUT2D eigenvalue weighted by Gasteiger charge is -2.42. The monoisotopic (exact) mass is 294 g/mol. The molecule has 0 saturated carbocycles. The summed E-state index contributed by atoms with van der Waals surface area (Å²) >= 11 is 0. The normalized spacial score (nSPS) is 13.9. The van der Waals surface area contributed by atoms with Gasteiger partial charge in [-0.3, -0.25) is 0 Å². The average Bonchev–Trinajstić information content (AvgIpc) is 2.36. The lowest BCUT2D eigenvalue weighted by atomic mass is 9.41. The molecule has 0 aliphatic heterocycles. The van der Waals surface area contributed by atoms with Crippen molar-refractivity contribution in [1.82, 2.24) is 0 Å². The third kappa shape index (κ3) is 3.52. The van der Waals surface area contributed by atoms with Crippen molar-refractivity contribution in [2.24, 2.45) is 11.8 Å². The van der Waals surface area contributed by atoms with Crippen LogP contribution < -0.4 is 0 Å². The lowest BCUT2D eigenvalue weighted by Crippen LogP contribution is -2.41. The van der Waals surface area contributed by atoms with E-state index >= 15 is 0 Å². The van der Waals surface area contributed by atoms with Gasteiger partial charge in [0, 0.05) is 0 Å². The Morgan fingerprint density at radius 1 is 0.727 bits per heavy atom. The van der Waals surface area contributed by atoms with Crippen LogP contribution in [0.4, 0.5) is 0 Å². The van der Waals surface area contributed by atoms with Crippen molar-refractivity contribution in [1.29, 1.82) is 0 Å². The fraction of sp³-hybridized carbons (Fsp3) is 0.667. The average molecular weight is 294 g/mol. The van der Waals surface area contributed by atoms with Gasteiger partial charge in [-0.1, -0.05) is 100 Å². The van der Waals surface area contributed by atoms with Crippen LogP contribution in [0.1, 0.15) is 65.2 Å². The van der Waals surface area contributed by atoms with Crippen LogP contribution in [0.2, 0.25) is 0 Å². The highest BCUT2D eigenvalue weighted by molar-refractivity contribution is 6.41. The van der Waals surface area contributed by atoms with Gasteiger partial charge in [-0.15, -0.1) is 0 Å². The number of rotatable bonds is 4. The molecular weight excluding hydrogens is 259 g/mol. The first-order chi connectivity index (χ1) is 9.74. The van der Waals surface area contributed by atoms with E-state index in [0.717, 1.165) is 0 Å². The molecule has 0 heterocycles. The summed E-state index contributed by atoms with van der Waals surface area (Å²) < 4.78 is 0. The number of hydrogen-bond acceptors (Lipinski definition) is 0. The topological polar surface area (TPSA) is 0 Å². The maximum atomic E-state index is 2.40. The van der Waals surface area contributed by atoms with Gasteiger partial charge in [0.1, 0.15) is 31.4 Å². The van der Waals surface area contributed by atoms with Crippen LogP contribution in [0.5, 0.6) is 0 Å². The maximum absolute atomic E-state index is 2.40. The molecule has 1 rings (SSSR count). The van der Waals surface area contributed by atoms with Gasteiger partial charge < -0.3 is 0 Å². The Labute approximate surface area is 142 Å². The standard InChI is InChI=1S/C18H34B4/c1-11(2)17(19,20)13-9-8-10-14(15(13)16(5,6)7)18(21,22)12(3)4/h8-12H,19-22H2,1-7H3. The van der Waals surface area contributed by atoms with Gasteiger partial charge in [0.2, 0.25) is 0 Å². The van der Waals surface area contributed by atoms with Crippen molar-refractivity contribution in [3.05, 3.63) is 34.9 Å². The summed E-state index contributed by atoms with van der Waals surface area (Å²) in [6.45, 7) is 16.4. The molecule has 0 atom stereocenters. The van der Waals surface area contributed by atoms with E-state index in [1.165, 1.54) is 11.1 Å². The fourth-order valence-electron chi connectivity index (χ4n) is 3.06. The van der Waals surface area contributed by atoms with Crippen molar-refractivity contribution < 1.29 is 0 Å². The highest BCUT2D eigenvalue weighted by Crippen LogP contribution is 2.41. The Morgan fingerprint density at radius 2 is 1.05 bits per heavy atom. The highest BCUT2D eigenvalue weighted by Gasteiger charge is 2.36. The summed E-state index contributed by atoms with van der Waals surface area (Å²) in [5.41, 5.74) is 4.78. The molecule has 0 spiro atoms. The minimum atomic E-state index is 0.157. The fourth-order valence-corrected chi connectivity index (χ4v) is 3.06. The molecule has 22 heavy (non-hydrogen) atoms. The van der Waals surface area contributed by atoms with Crippen LogP contribution in [0.3, 0.4) is 0 Å². The van der Waals surface area contributed by atoms with Gasteiger partial charge in [-0.05, 0) is 11.0 Å². The molecule has 1 aromatic carbocycles. The summed E-state index contributed by atoms with van der Waals surface area (Å²) in [6, 6.07) is 7.00. The van der Waals surface area contributed by atoms with Crippen molar-refractivity contribution in [3.63, 3.8) is 0 Å². The van der Waals surface area contributed by atoms with E-state index in [1.807, 2.05) is 0 Å². The zero-order chi connectivity index (χ0) is 17.5. The van der Waals surface area contributed by atoms with Crippen LogP contribution in [0.15, 0.2) is 18.2 Å². The molecular formula is C18H34B4. The summed E-state index contributed by atoms with van der Waals surface area (Å²) in [5.74, 6) is 1.23. The van der Waals surface area contributed by atoms with Crippen LogP contribution in [0, 0.1) is 11.8 Å². The van der Waals surface area contributed by atoms with Crippen molar-refractivity contribution in [2.45, 2.75) is 64.3 Å². The third-order valence-electron chi connectivity index (χ3n) is 6.09.